The number of nitrogens with one attached hydrogen (secondary N) is 2. The van der Waals surface area contributed by atoms with Gasteiger partial charge in [0.25, 0.3) is 5.91 Å². The van der Waals surface area contributed by atoms with Crippen LogP contribution < -0.4 is 10.6 Å². The second-order valence-electron chi connectivity index (χ2n) is 6.04. The van der Waals surface area contributed by atoms with Gasteiger partial charge >= 0.3 is 6.18 Å². The monoisotopic (exact) mass is 403 g/mol. The first kappa shape index (κ1) is 20.1. The molecule has 150 valence electrons. The van der Waals surface area contributed by atoms with E-state index in [1.807, 2.05) is 0 Å². The van der Waals surface area contributed by atoms with E-state index in [4.69, 9.17) is 0 Å². The molecule has 0 saturated carbocycles. The molecule has 7 nitrogen and oxygen atoms in total. The smallest absolute Gasteiger partial charge is 0.325 e. The maximum atomic E-state index is 12.8. The Balaban J connectivity index is 1.69. The van der Waals surface area contributed by atoms with Crippen LogP contribution in [0.25, 0.3) is 0 Å². The summed E-state index contributed by atoms with van der Waals surface area (Å²) in [6.45, 7) is 0.310. The molecule has 0 aliphatic heterocycles. The summed E-state index contributed by atoms with van der Waals surface area (Å²) in [4.78, 5) is 28.5. The molecule has 0 unspecified atom stereocenters. The number of aromatic nitrogens is 3. The molecule has 2 N–H and O–H groups in total. The van der Waals surface area contributed by atoms with Gasteiger partial charge in [0.05, 0.1) is 23.4 Å². The fourth-order valence-electron chi connectivity index (χ4n) is 2.54. The van der Waals surface area contributed by atoms with Crippen LogP contribution in [-0.2, 0) is 17.5 Å². The minimum absolute atomic E-state index is 0.00265. The Kier molecular flexibility index (Phi) is 5.91. The number of anilines is 2. The number of hydrogen-bond acceptors (Lipinski definition) is 4. The Hall–Kier alpha value is -3.69. The van der Waals surface area contributed by atoms with Gasteiger partial charge in [-0.1, -0.05) is 18.2 Å². The maximum absolute atomic E-state index is 12.8. The second kappa shape index (κ2) is 8.55. The summed E-state index contributed by atoms with van der Waals surface area (Å²) in [6, 6.07) is 10.5. The van der Waals surface area contributed by atoms with Gasteiger partial charge in [-0.2, -0.15) is 18.3 Å². The molecule has 0 radical (unpaired) electrons. The van der Waals surface area contributed by atoms with Crippen molar-refractivity contribution in [1.82, 2.24) is 14.8 Å². The van der Waals surface area contributed by atoms with Gasteiger partial charge in [0, 0.05) is 12.1 Å². The number of amides is 2. The van der Waals surface area contributed by atoms with Crippen molar-refractivity contribution < 1.29 is 22.8 Å². The van der Waals surface area contributed by atoms with Crippen LogP contribution in [0.15, 0.2) is 61.2 Å². The summed E-state index contributed by atoms with van der Waals surface area (Å²) in [6.07, 6.45) is -1.58. The molecule has 0 aliphatic carbocycles. The van der Waals surface area contributed by atoms with E-state index in [1.165, 1.54) is 41.6 Å². The quantitative estimate of drug-likeness (QED) is 0.659. The third-order valence-electron chi connectivity index (χ3n) is 3.93. The number of benzene rings is 2. The van der Waals surface area contributed by atoms with Crippen molar-refractivity contribution in [3.63, 3.8) is 0 Å². The molecule has 2 amide bonds. The molecule has 29 heavy (non-hydrogen) atoms. The number of alkyl halides is 3. The number of hydrogen-bond donors (Lipinski definition) is 2. The predicted molar refractivity (Wildman–Crippen MR) is 99.1 cm³/mol. The molecule has 3 rings (SSSR count). The van der Waals surface area contributed by atoms with Crippen LogP contribution in [0.2, 0.25) is 0 Å². The lowest BCUT2D eigenvalue weighted by molar-refractivity contribution is -0.137. The first-order chi connectivity index (χ1) is 13.8. The van der Waals surface area contributed by atoms with E-state index in [0.717, 1.165) is 12.1 Å². The van der Waals surface area contributed by atoms with Crippen LogP contribution in [0.4, 0.5) is 24.5 Å². The summed E-state index contributed by atoms with van der Waals surface area (Å²) in [5.41, 5.74) is -0.498. The van der Waals surface area contributed by atoms with Gasteiger partial charge < -0.3 is 10.6 Å². The van der Waals surface area contributed by atoms with Crippen LogP contribution in [0, 0.1) is 0 Å². The number of carbonyl (C=O) groups excluding carboxylic acids is 2. The van der Waals surface area contributed by atoms with Gasteiger partial charge in [0.15, 0.2) is 0 Å². The van der Waals surface area contributed by atoms with Gasteiger partial charge in [-0.25, -0.2) is 4.98 Å². The molecule has 1 heterocycles. The highest BCUT2D eigenvalue weighted by molar-refractivity contribution is 6.10. The predicted octanol–water partition coefficient (Wildman–Crippen LogP) is 3.58. The fraction of sp³-hybridized carbons (Fsp3) is 0.158. The normalized spacial score (nSPS) is 11.1. The summed E-state index contributed by atoms with van der Waals surface area (Å²) < 4.78 is 40.0. The lowest BCUT2D eigenvalue weighted by atomic mass is 10.1. The number of carbonyl (C=O) groups is 2. The first-order valence-corrected chi connectivity index (χ1v) is 8.53. The average Bonchev–Trinajstić information content (AvgIpc) is 3.20. The van der Waals surface area contributed by atoms with E-state index in [1.54, 1.807) is 12.1 Å². The molecular weight excluding hydrogens is 387 g/mol. The van der Waals surface area contributed by atoms with E-state index in [2.05, 4.69) is 20.7 Å². The third-order valence-corrected chi connectivity index (χ3v) is 3.93. The van der Waals surface area contributed by atoms with Crippen molar-refractivity contribution in [2.24, 2.45) is 0 Å². The highest BCUT2D eigenvalue weighted by Crippen LogP contribution is 2.31. The summed E-state index contributed by atoms with van der Waals surface area (Å²) >= 11 is 0. The van der Waals surface area contributed by atoms with Gasteiger partial charge in [0.1, 0.15) is 12.7 Å². The Labute approximate surface area is 163 Å². The SMILES string of the molecule is O=C(CCn1cncn1)Nc1ccccc1C(=O)Nc1cccc(C(F)(F)F)c1. The van der Waals surface area contributed by atoms with Gasteiger partial charge in [-0.15, -0.1) is 0 Å². The Morgan fingerprint density at radius 3 is 2.55 bits per heavy atom. The van der Waals surface area contributed by atoms with E-state index in [0.29, 0.717) is 6.54 Å². The molecule has 0 saturated heterocycles. The highest BCUT2D eigenvalue weighted by atomic mass is 19.4. The zero-order valence-corrected chi connectivity index (χ0v) is 15.0. The number of aryl methyl sites for hydroxylation is 1. The molecular formula is C19H16F3N5O2. The Bertz CT molecular complexity index is 1000. The third kappa shape index (κ3) is 5.41. The Morgan fingerprint density at radius 2 is 1.83 bits per heavy atom. The van der Waals surface area contributed by atoms with Crippen LogP contribution in [0.1, 0.15) is 22.3 Å². The molecule has 1 aromatic heterocycles. The topological polar surface area (TPSA) is 88.9 Å². The van der Waals surface area contributed by atoms with E-state index < -0.39 is 17.6 Å². The highest BCUT2D eigenvalue weighted by Gasteiger charge is 2.30. The summed E-state index contributed by atoms with van der Waals surface area (Å²) in [7, 11) is 0. The number of nitrogens with zero attached hydrogens (tertiary/aromatic N) is 3. The van der Waals surface area contributed by atoms with Crippen LogP contribution >= 0.6 is 0 Å². The molecule has 10 heteroatoms. The number of rotatable bonds is 6. The van der Waals surface area contributed by atoms with Crippen molar-refractivity contribution in [2.45, 2.75) is 19.1 Å². The minimum Gasteiger partial charge on any atom is -0.325 e. The first-order valence-electron chi connectivity index (χ1n) is 8.53. The van der Waals surface area contributed by atoms with Gasteiger partial charge in [-0.05, 0) is 30.3 Å². The van der Waals surface area contributed by atoms with Crippen LogP contribution in [0.5, 0.6) is 0 Å². The lowest BCUT2D eigenvalue weighted by Gasteiger charge is -2.13. The fourth-order valence-corrected chi connectivity index (χ4v) is 2.54. The molecule has 0 aliphatic rings. The van der Waals surface area contributed by atoms with Crippen LogP contribution in [-0.4, -0.2) is 26.6 Å². The molecule has 0 bridgehead atoms. The van der Waals surface area contributed by atoms with E-state index in [-0.39, 0.29) is 29.3 Å². The largest absolute Gasteiger partial charge is 0.416 e. The van der Waals surface area contributed by atoms with Gasteiger partial charge in [0.2, 0.25) is 5.91 Å². The number of para-hydroxylation sites is 1. The lowest BCUT2D eigenvalue weighted by Crippen LogP contribution is -2.19. The zero-order valence-electron chi connectivity index (χ0n) is 15.0. The Morgan fingerprint density at radius 1 is 1.03 bits per heavy atom. The summed E-state index contributed by atoms with van der Waals surface area (Å²) in [5.74, 6) is -0.990. The van der Waals surface area contributed by atoms with E-state index in [9.17, 15) is 22.8 Å². The minimum atomic E-state index is -4.52. The molecule has 3 aromatic rings. The second-order valence-corrected chi connectivity index (χ2v) is 6.04. The molecule has 0 atom stereocenters. The molecule has 0 fully saturated rings. The molecule has 0 spiro atoms. The van der Waals surface area contributed by atoms with E-state index >= 15 is 0 Å². The van der Waals surface area contributed by atoms with Crippen molar-refractivity contribution in [3.05, 3.63) is 72.3 Å². The summed E-state index contributed by atoms with van der Waals surface area (Å²) in [5, 5.41) is 8.95. The van der Waals surface area contributed by atoms with Crippen molar-refractivity contribution in [1.29, 1.82) is 0 Å². The molecule has 2 aromatic carbocycles. The van der Waals surface area contributed by atoms with Crippen molar-refractivity contribution in [2.75, 3.05) is 10.6 Å². The van der Waals surface area contributed by atoms with Crippen molar-refractivity contribution >= 4 is 23.2 Å². The van der Waals surface area contributed by atoms with Crippen molar-refractivity contribution in [3.8, 4) is 0 Å². The number of halogens is 3. The van der Waals surface area contributed by atoms with Gasteiger partial charge in [-0.3, -0.25) is 14.3 Å². The van der Waals surface area contributed by atoms with Crippen LogP contribution in [0.3, 0.4) is 0 Å². The maximum Gasteiger partial charge on any atom is 0.416 e. The zero-order chi connectivity index (χ0) is 20.9. The standard InChI is InChI=1S/C19H16F3N5O2/c20-19(21,22)13-4-3-5-14(10-13)25-18(29)15-6-1-2-7-16(15)26-17(28)8-9-27-12-23-11-24-27/h1-7,10-12H,8-9H2,(H,25,29)(H,26,28). The average molecular weight is 403 g/mol.